The van der Waals surface area contributed by atoms with Gasteiger partial charge in [-0.05, 0) is 19.1 Å². The highest BCUT2D eigenvalue weighted by molar-refractivity contribution is 5.73. The van der Waals surface area contributed by atoms with Crippen LogP contribution in [0.15, 0.2) is 48.7 Å². The van der Waals surface area contributed by atoms with E-state index in [1.54, 1.807) is 24.4 Å². The van der Waals surface area contributed by atoms with E-state index >= 15 is 0 Å². The van der Waals surface area contributed by atoms with Crippen molar-refractivity contribution in [3.05, 3.63) is 70.4 Å². The van der Waals surface area contributed by atoms with Crippen molar-refractivity contribution >= 4 is 12.2 Å². The third kappa shape index (κ3) is 3.53. The third-order valence-corrected chi connectivity index (χ3v) is 3.19. The number of alkyl halides is 2. The molecule has 1 N–H and O–H groups in total. The van der Waals surface area contributed by atoms with E-state index in [-0.39, 0.29) is 5.56 Å². The number of nitrogens with one attached hydrogen (secondary N) is 1. The first kappa shape index (κ1) is 15.8. The van der Waals surface area contributed by atoms with Gasteiger partial charge in [-0.25, -0.2) is 8.78 Å². The normalized spacial score (nSPS) is 12.9. The summed E-state index contributed by atoms with van der Waals surface area (Å²) in [5.41, 5.74) is 1.01. The summed E-state index contributed by atoms with van der Waals surface area (Å²) in [6, 6.07) is 8.18. The zero-order chi connectivity index (χ0) is 16.2. The van der Waals surface area contributed by atoms with Crippen LogP contribution in [-0.2, 0) is 5.92 Å². The van der Waals surface area contributed by atoms with Crippen LogP contribution in [0, 0.1) is 11.8 Å². The molecule has 0 fully saturated rings. The van der Waals surface area contributed by atoms with Gasteiger partial charge >= 0.3 is 0 Å². The van der Waals surface area contributed by atoms with Crippen molar-refractivity contribution in [2.24, 2.45) is 0 Å². The van der Waals surface area contributed by atoms with Crippen LogP contribution in [0.3, 0.4) is 0 Å². The van der Waals surface area contributed by atoms with Crippen molar-refractivity contribution in [3.8, 4) is 11.8 Å². The van der Waals surface area contributed by atoms with Gasteiger partial charge in [0.05, 0.1) is 0 Å². The monoisotopic (exact) mass is 297 g/mol. The van der Waals surface area contributed by atoms with Crippen LogP contribution in [0.4, 0.5) is 8.78 Å². The van der Waals surface area contributed by atoms with E-state index in [2.05, 4.69) is 23.4 Å². The number of hydrogen-bond acceptors (Lipinski definition) is 0. The molecular formula is C19H17F2N. The first-order chi connectivity index (χ1) is 10.4. The van der Waals surface area contributed by atoms with Gasteiger partial charge in [-0.1, -0.05) is 48.8 Å². The fourth-order valence-corrected chi connectivity index (χ4v) is 2.13. The highest BCUT2D eigenvalue weighted by Gasteiger charge is 2.26. The molecule has 0 radical (unpaired) electrons. The molecule has 0 unspecified atom stereocenters. The van der Waals surface area contributed by atoms with Crippen molar-refractivity contribution in [3.63, 3.8) is 0 Å². The van der Waals surface area contributed by atoms with E-state index in [9.17, 15) is 8.78 Å². The second-order valence-corrected chi connectivity index (χ2v) is 4.97. The van der Waals surface area contributed by atoms with E-state index in [1.165, 1.54) is 6.07 Å². The molecule has 2 aromatic rings. The van der Waals surface area contributed by atoms with Crippen LogP contribution in [0.25, 0.3) is 12.2 Å². The SMILES string of the molecule is C=c1[nH]cc/c1=C(C#Cc1ccccc1C(C)(F)F)/C=C\C. The lowest BCUT2D eigenvalue weighted by Gasteiger charge is -2.12. The fraction of sp³-hybridized carbons (Fsp3) is 0.158. The molecule has 0 atom stereocenters. The molecular weight excluding hydrogens is 280 g/mol. The molecule has 0 bridgehead atoms. The summed E-state index contributed by atoms with van der Waals surface area (Å²) in [4.78, 5) is 2.99. The number of allylic oxidation sites excluding steroid dienone is 2. The van der Waals surface area contributed by atoms with Crippen molar-refractivity contribution < 1.29 is 8.78 Å². The summed E-state index contributed by atoms with van der Waals surface area (Å²) in [5, 5.41) is 1.61. The Kier molecular flexibility index (Phi) is 4.62. The molecule has 0 saturated heterocycles. The molecule has 2 rings (SSSR count). The first-order valence-corrected chi connectivity index (χ1v) is 6.92. The second-order valence-electron chi connectivity index (χ2n) is 4.97. The van der Waals surface area contributed by atoms with Gasteiger partial charge in [-0.15, -0.1) is 0 Å². The Labute approximate surface area is 128 Å². The Bertz CT molecular complexity index is 855. The van der Waals surface area contributed by atoms with Crippen molar-refractivity contribution in [1.82, 2.24) is 4.98 Å². The molecule has 1 aromatic heterocycles. The number of benzene rings is 1. The smallest absolute Gasteiger partial charge is 0.271 e. The molecule has 1 aromatic carbocycles. The number of aromatic amines is 1. The van der Waals surface area contributed by atoms with Gasteiger partial charge in [0.1, 0.15) is 0 Å². The summed E-state index contributed by atoms with van der Waals surface area (Å²) in [7, 11) is 0. The Morgan fingerprint density at radius 2 is 2.00 bits per heavy atom. The lowest BCUT2D eigenvalue weighted by Crippen LogP contribution is -2.22. The van der Waals surface area contributed by atoms with Crippen LogP contribution < -0.4 is 10.6 Å². The molecule has 0 aliphatic heterocycles. The topological polar surface area (TPSA) is 15.8 Å². The Morgan fingerprint density at radius 1 is 1.27 bits per heavy atom. The summed E-state index contributed by atoms with van der Waals surface area (Å²) in [5.74, 6) is 2.92. The maximum Gasteiger partial charge on any atom is 0.271 e. The number of H-pyrrole nitrogens is 1. The van der Waals surface area contributed by atoms with Gasteiger partial charge < -0.3 is 4.98 Å². The van der Waals surface area contributed by atoms with Crippen LogP contribution in [-0.4, -0.2) is 4.98 Å². The van der Waals surface area contributed by atoms with Crippen molar-refractivity contribution in [2.75, 3.05) is 0 Å². The van der Waals surface area contributed by atoms with Crippen LogP contribution in [0.1, 0.15) is 25.0 Å². The second kappa shape index (κ2) is 6.44. The zero-order valence-electron chi connectivity index (χ0n) is 12.6. The van der Waals surface area contributed by atoms with E-state index in [4.69, 9.17) is 0 Å². The number of halogens is 2. The molecule has 0 spiro atoms. The van der Waals surface area contributed by atoms with Gasteiger partial charge in [0.15, 0.2) is 0 Å². The average molecular weight is 297 g/mol. The minimum absolute atomic E-state index is 0.0637. The Balaban J connectivity index is 2.60. The summed E-state index contributed by atoms with van der Waals surface area (Å²) in [6.45, 7) is 6.66. The maximum atomic E-state index is 13.6. The summed E-state index contributed by atoms with van der Waals surface area (Å²) < 4.78 is 27.2. The highest BCUT2D eigenvalue weighted by Crippen LogP contribution is 2.29. The number of aromatic nitrogens is 1. The molecule has 0 amide bonds. The predicted molar refractivity (Wildman–Crippen MR) is 86.7 cm³/mol. The van der Waals surface area contributed by atoms with Gasteiger partial charge in [-0.3, -0.25) is 0 Å². The van der Waals surface area contributed by atoms with Gasteiger partial charge in [0.2, 0.25) is 0 Å². The molecule has 0 aliphatic carbocycles. The first-order valence-electron chi connectivity index (χ1n) is 6.92. The average Bonchev–Trinajstić information content (AvgIpc) is 2.89. The Morgan fingerprint density at radius 3 is 2.59 bits per heavy atom. The Hall–Kier alpha value is -2.60. The van der Waals surface area contributed by atoms with Crippen molar-refractivity contribution in [2.45, 2.75) is 19.8 Å². The minimum atomic E-state index is -2.92. The highest BCUT2D eigenvalue weighted by atomic mass is 19.3. The van der Waals surface area contributed by atoms with Crippen LogP contribution in [0.2, 0.25) is 0 Å². The minimum Gasteiger partial charge on any atom is -0.362 e. The zero-order valence-corrected chi connectivity index (χ0v) is 12.6. The molecule has 0 saturated carbocycles. The van der Waals surface area contributed by atoms with E-state index in [0.717, 1.165) is 23.1 Å². The van der Waals surface area contributed by atoms with Gasteiger partial charge in [0, 0.05) is 40.4 Å². The van der Waals surface area contributed by atoms with E-state index < -0.39 is 5.92 Å². The molecule has 1 nitrogen and oxygen atoms in total. The van der Waals surface area contributed by atoms with Gasteiger partial charge in [0.25, 0.3) is 5.92 Å². The lowest BCUT2D eigenvalue weighted by molar-refractivity contribution is 0.0172. The largest absolute Gasteiger partial charge is 0.362 e. The lowest BCUT2D eigenvalue weighted by atomic mass is 10.0. The maximum absolute atomic E-state index is 13.6. The molecule has 0 aliphatic rings. The molecule has 3 heteroatoms. The van der Waals surface area contributed by atoms with Crippen LogP contribution >= 0.6 is 0 Å². The summed E-state index contributed by atoms with van der Waals surface area (Å²) in [6.07, 6.45) is 5.48. The number of rotatable bonds is 2. The third-order valence-electron chi connectivity index (χ3n) is 3.19. The van der Waals surface area contributed by atoms with E-state index in [1.807, 2.05) is 25.1 Å². The quantitative estimate of drug-likeness (QED) is 0.819. The van der Waals surface area contributed by atoms with E-state index in [0.29, 0.717) is 5.56 Å². The number of hydrogen-bond donors (Lipinski definition) is 1. The fourth-order valence-electron chi connectivity index (χ4n) is 2.13. The van der Waals surface area contributed by atoms with Gasteiger partial charge in [-0.2, -0.15) is 0 Å². The van der Waals surface area contributed by atoms with Crippen LogP contribution in [0.5, 0.6) is 0 Å². The predicted octanol–water partition coefficient (Wildman–Crippen LogP) is 3.32. The molecule has 1 heterocycles. The molecule has 112 valence electrons. The summed E-state index contributed by atoms with van der Waals surface area (Å²) >= 11 is 0. The molecule has 22 heavy (non-hydrogen) atoms. The van der Waals surface area contributed by atoms with Crippen molar-refractivity contribution in [1.29, 1.82) is 0 Å². The standard InChI is InChI=1S/C19H17F2N/c1-4-7-15(17-12-13-22-14(17)2)10-11-16-8-5-6-9-18(16)19(3,20)21/h4-9,12-13,22H,2H2,1,3H3/b7-4-,17-15+.